The van der Waals surface area contributed by atoms with Crippen LogP contribution in [0.15, 0.2) is 40.1 Å². The van der Waals surface area contributed by atoms with Gasteiger partial charge in [-0.25, -0.2) is 4.79 Å². The van der Waals surface area contributed by atoms with Gasteiger partial charge in [0.25, 0.3) is 5.56 Å². The van der Waals surface area contributed by atoms with Gasteiger partial charge < -0.3 is 14.0 Å². The highest BCUT2D eigenvalue weighted by molar-refractivity contribution is 5.78. The Morgan fingerprint density at radius 2 is 1.76 bits per heavy atom. The Kier molecular flexibility index (Phi) is 5.55. The highest BCUT2D eigenvalue weighted by Gasteiger charge is 2.21. The topological polar surface area (TPSA) is 87.9 Å². The van der Waals surface area contributed by atoms with E-state index in [9.17, 15) is 9.59 Å². The van der Waals surface area contributed by atoms with Crippen molar-refractivity contribution in [1.29, 1.82) is 0 Å². The van der Waals surface area contributed by atoms with Gasteiger partial charge in [0.15, 0.2) is 11.2 Å². The number of morpholine rings is 1. The van der Waals surface area contributed by atoms with Crippen molar-refractivity contribution in [3.8, 4) is 17.0 Å². The van der Waals surface area contributed by atoms with E-state index >= 15 is 0 Å². The summed E-state index contributed by atoms with van der Waals surface area (Å²) in [5.74, 6) is 1.45. The van der Waals surface area contributed by atoms with Crippen molar-refractivity contribution in [2.75, 3.05) is 39.5 Å². The molecule has 0 atom stereocenters. The van der Waals surface area contributed by atoms with Crippen LogP contribution in [0.3, 0.4) is 0 Å². The number of imidazole rings is 2. The Hall–Kier alpha value is -3.37. The minimum atomic E-state index is -0.389. The molecule has 0 aliphatic carbocycles. The Bertz CT molecular complexity index is 1420. The summed E-state index contributed by atoms with van der Waals surface area (Å²) in [5.41, 5.74) is 1.99. The van der Waals surface area contributed by atoms with Gasteiger partial charge in [0.05, 0.1) is 25.5 Å². The van der Waals surface area contributed by atoms with E-state index in [1.807, 2.05) is 41.8 Å². The second kappa shape index (κ2) is 8.53. The summed E-state index contributed by atoms with van der Waals surface area (Å²) in [5, 5.41) is 0. The fraction of sp³-hybridized carbons (Fsp3) is 0.435. The van der Waals surface area contributed by atoms with Gasteiger partial charge in [0, 0.05) is 52.0 Å². The molecular formula is C23H28N6O4. The number of hydrogen-bond acceptors (Lipinski definition) is 6. The van der Waals surface area contributed by atoms with Crippen LogP contribution in [0.25, 0.3) is 28.2 Å². The standard InChI is InChI=1S/C23H28N6O4/c1-4-33-17-7-5-16(6-8-17)18-15-29-19-20(25(2)23(31)26(3)21(19)30)24-22(29)28(18)10-9-27-11-13-32-14-12-27/h5-8,15H,4,9-14H2,1-3H3. The van der Waals surface area contributed by atoms with Crippen molar-refractivity contribution in [3.63, 3.8) is 0 Å². The summed E-state index contributed by atoms with van der Waals surface area (Å²) in [7, 11) is 3.13. The van der Waals surface area contributed by atoms with Crippen LogP contribution < -0.4 is 16.0 Å². The maximum Gasteiger partial charge on any atom is 0.332 e. The molecule has 10 nitrogen and oxygen atoms in total. The predicted molar refractivity (Wildman–Crippen MR) is 125 cm³/mol. The lowest BCUT2D eigenvalue weighted by molar-refractivity contribution is 0.0365. The van der Waals surface area contributed by atoms with Gasteiger partial charge in [-0.2, -0.15) is 4.98 Å². The normalized spacial score (nSPS) is 15.0. The molecule has 1 saturated heterocycles. The third-order valence-electron chi connectivity index (χ3n) is 6.26. The van der Waals surface area contributed by atoms with E-state index in [1.54, 1.807) is 7.05 Å². The summed E-state index contributed by atoms with van der Waals surface area (Å²) < 4.78 is 17.5. The van der Waals surface area contributed by atoms with Crippen molar-refractivity contribution in [1.82, 2.24) is 28.0 Å². The number of fused-ring (bicyclic) bond motifs is 3. The smallest absolute Gasteiger partial charge is 0.332 e. The van der Waals surface area contributed by atoms with Gasteiger partial charge in [0.1, 0.15) is 5.75 Å². The number of rotatable bonds is 6. The second-order valence-corrected chi connectivity index (χ2v) is 8.24. The fourth-order valence-corrected chi connectivity index (χ4v) is 4.42. The number of hydrogen-bond donors (Lipinski definition) is 0. The molecule has 174 valence electrons. The predicted octanol–water partition coefficient (Wildman–Crippen LogP) is 1.08. The molecular weight excluding hydrogens is 424 g/mol. The van der Waals surface area contributed by atoms with Gasteiger partial charge in [-0.3, -0.25) is 23.2 Å². The third kappa shape index (κ3) is 3.65. The molecule has 0 unspecified atom stereocenters. The maximum absolute atomic E-state index is 13.0. The average molecular weight is 453 g/mol. The van der Waals surface area contributed by atoms with Gasteiger partial charge in [-0.05, 0) is 31.2 Å². The van der Waals surface area contributed by atoms with E-state index in [0.29, 0.717) is 30.1 Å². The molecule has 0 radical (unpaired) electrons. The van der Waals surface area contributed by atoms with E-state index in [4.69, 9.17) is 14.5 Å². The summed E-state index contributed by atoms with van der Waals surface area (Å²) in [6, 6.07) is 7.92. The molecule has 0 N–H and O–H groups in total. The summed E-state index contributed by atoms with van der Waals surface area (Å²) in [4.78, 5) is 32.5. The SMILES string of the molecule is CCOc1ccc(-c2cn3c4c(=O)n(C)c(=O)n(C)c4nc3n2CCN2CCOCC2)cc1. The number of benzene rings is 1. The van der Waals surface area contributed by atoms with Crippen LogP contribution in [0.2, 0.25) is 0 Å². The van der Waals surface area contributed by atoms with Crippen molar-refractivity contribution < 1.29 is 9.47 Å². The maximum atomic E-state index is 13.0. The molecule has 5 rings (SSSR count). The minimum absolute atomic E-state index is 0.357. The third-order valence-corrected chi connectivity index (χ3v) is 6.26. The van der Waals surface area contributed by atoms with Crippen LogP contribution in [0.4, 0.5) is 0 Å². The van der Waals surface area contributed by atoms with Crippen LogP contribution in [0.5, 0.6) is 5.75 Å². The van der Waals surface area contributed by atoms with Crippen molar-refractivity contribution in [2.24, 2.45) is 14.1 Å². The number of ether oxygens (including phenoxy) is 2. The monoisotopic (exact) mass is 452 g/mol. The van der Waals surface area contributed by atoms with Gasteiger partial charge in [-0.1, -0.05) is 0 Å². The van der Waals surface area contributed by atoms with Crippen LogP contribution in [-0.2, 0) is 25.4 Å². The van der Waals surface area contributed by atoms with E-state index in [-0.39, 0.29) is 11.2 Å². The molecule has 1 aliphatic rings. The van der Waals surface area contributed by atoms with Gasteiger partial charge >= 0.3 is 5.69 Å². The molecule has 33 heavy (non-hydrogen) atoms. The largest absolute Gasteiger partial charge is 0.494 e. The minimum Gasteiger partial charge on any atom is -0.494 e. The molecule has 1 aromatic carbocycles. The van der Waals surface area contributed by atoms with E-state index in [2.05, 4.69) is 9.47 Å². The first-order chi connectivity index (χ1) is 16.0. The zero-order valence-electron chi connectivity index (χ0n) is 19.2. The molecule has 0 bridgehead atoms. The lowest BCUT2D eigenvalue weighted by Crippen LogP contribution is -2.38. The molecule has 0 saturated carbocycles. The van der Waals surface area contributed by atoms with Crippen LogP contribution in [0.1, 0.15) is 6.92 Å². The molecule has 4 aromatic rings. The molecule has 10 heteroatoms. The highest BCUT2D eigenvalue weighted by Crippen LogP contribution is 2.27. The first kappa shape index (κ1) is 21.5. The zero-order valence-corrected chi connectivity index (χ0v) is 19.2. The molecule has 0 amide bonds. The Balaban J connectivity index is 1.67. The zero-order chi connectivity index (χ0) is 23.1. The van der Waals surface area contributed by atoms with Crippen LogP contribution in [0, 0.1) is 0 Å². The number of aromatic nitrogens is 5. The summed E-state index contributed by atoms with van der Waals surface area (Å²) in [6.45, 7) is 7.34. The number of nitrogens with zero attached hydrogens (tertiary/aromatic N) is 6. The van der Waals surface area contributed by atoms with Crippen molar-refractivity contribution in [3.05, 3.63) is 51.3 Å². The Morgan fingerprint density at radius 3 is 2.45 bits per heavy atom. The van der Waals surface area contributed by atoms with Crippen molar-refractivity contribution >= 4 is 16.9 Å². The highest BCUT2D eigenvalue weighted by atomic mass is 16.5. The quantitative estimate of drug-likeness (QED) is 0.435. The van der Waals surface area contributed by atoms with E-state index < -0.39 is 0 Å². The van der Waals surface area contributed by atoms with Crippen LogP contribution >= 0.6 is 0 Å². The van der Waals surface area contributed by atoms with E-state index in [1.165, 1.54) is 11.6 Å². The first-order valence-electron chi connectivity index (χ1n) is 11.2. The lowest BCUT2D eigenvalue weighted by atomic mass is 10.1. The van der Waals surface area contributed by atoms with Crippen LogP contribution in [-0.4, -0.2) is 67.4 Å². The molecule has 1 aliphatic heterocycles. The molecule has 1 fully saturated rings. The van der Waals surface area contributed by atoms with Crippen molar-refractivity contribution in [2.45, 2.75) is 13.5 Å². The molecule has 4 heterocycles. The number of aryl methyl sites for hydroxylation is 1. The summed E-state index contributed by atoms with van der Waals surface area (Å²) >= 11 is 0. The summed E-state index contributed by atoms with van der Waals surface area (Å²) in [6.07, 6.45) is 1.94. The Labute approximate surface area is 190 Å². The Morgan fingerprint density at radius 1 is 1.03 bits per heavy atom. The second-order valence-electron chi connectivity index (χ2n) is 8.24. The average Bonchev–Trinajstić information content (AvgIpc) is 3.38. The van der Waals surface area contributed by atoms with Gasteiger partial charge in [0.2, 0.25) is 5.78 Å². The molecule has 0 spiro atoms. The fourth-order valence-electron chi connectivity index (χ4n) is 4.42. The first-order valence-corrected chi connectivity index (χ1v) is 11.2. The lowest BCUT2D eigenvalue weighted by Gasteiger charge is -2.26. The molecule has 3 aromatic heterocycles. The van der Waals surface area contributed by atoms with Gasteiger partial charge in [-0.15, -0.1) is 0 Å². The van der Waals surface area contributed by atoms with E-state index in [0.717, 1.165) is 54.4 Å².